The molecule has 0 nitrogen and oxygen atoms in total. The number of hydrogen-bond acceptors (Lipinski definition) is 0. The molecule has 0 N–H and O–H groups in total. The van der Waals surface area contributed by atoms with Crippen molar-refractivity contribution < 1.29 is 0 Å². The summed E-state index contributed by atoms with van der Waals surface area (Å²) in [5, 5.41) is 1.30. The minimum atomic E-state index is 0.163. The van der Waals surface area contributed by atoms with Crippen LogP contribution in [0.5, 0.6) is 0 Å². The molecule has 156 valence electrons. The molecule has 0 fully saturated rings. The van der Waals surface area contributed by atoms with Crippen LogP contribution in [-0.2, 0) is 37.4 Å². The number of rotatable bonds is 9. The molecule has 1 heteroatoms. The number of aryl methyl sites for hydroxylation is 4. The second kappa shape index (κ2) is 11.0. The Labute approximate surface area is 190 Å². The van der Waals surface area contributed by atoms with Crippen LogP contribution in [0.3, 0.4) is 0 Å². The van der Waals surface area contributed by atoms with Gasteiger partial charge in [-0.1, -0.05) is 13.0 Å². The Morgan fingerprint density at radius 1 is 0.500 bits per heavy atom. The molecule has 3 aromatic carbocycles. The zero-order chi connectivity index (χ0) is 21.5. The average Bonchev–Trinajstić information content (AvgIpc) is 2.73. The van der Waals surface area contributed by atoms with E-state index in [0.29, 0.717) is 0 Å². The van der Waals surface area contributed by atoms with Crippen LogP contribution in [0.25, 0.3) is 0 Å². The van der Waals surface area contributed by atoms with Crippen LogP contribution in [-0.4, -0.2) is 15.4 Å². The van der Waals surface area contributed by atoms with Crippen molar-refractivity contribution in [2.75, 3.05) is 0 Å². The van der Waals surface area contributed by atoms with Gasteiger partial charge in [0.1, 0.15) is 0 Å². The summed E-state index contributed by atoms with van der Waals surface area (Å²) in [4.78, 5) is 0. The van der Waals surface area contributed by atoms with Crippen molar-refractivity contribution in [1.82, 2.24) is 0 Å². The molecule has 2 radical (unpaired) electrons. The van der Waals surface area contributed by atoms with E-state index < -0.39 is 0 Å². The van der Waals surface area contributed by atoms with E-state index in [1.807, 2.05) is 0 Å². The molecule has 0 aliphatic carbocycles. The third-order valence-electron chi connectivity index (χ3n) is 5.84. The van der Waals surface area contributed by atoms with Gasteiger partial charge in [0.25, 0.3) is 0 Å². The first-order chi connectivity index (χ1) is 14.5. The molecule has 0 aliphatic heterocycles. The molecule has 0 aromatic heterocycles. The van der Waals surface area contributed by atoms with E-state index in [1.54, 1.807) is 5.56 Å². The first-order valence-corrected chi connectivity index (χ1v) is 15.1. The van der Waals surface area contributed by atoms with Gasteiger partial charge in [0, 0.05) is 0 Å². The normalized spacial score (nSPS) is 11.1. The van der Waals surface area contributed by atoms with Crippen LogP contribution in [0.1, 0.15) is 70.8 Å². The molecule has 0 bridgehead atoms. The standard InChI is InChI=1S/C29H36Ge/c1-6-22-9-21(4)10-25(11-22)16-26-12-23(7-2)13-27(17-26)18-28-14-24(8-3)15-29(19-28)20-30-5/h9-15,17,19H,6-8,16,18,20H2,1-5H3. The van der Waals surface area contributed by atoms with Gasteiger partial charge in [0.05, 0.1) is 0 Å². The number of benzene rings is 3. The molecule has 0 saturated heterocycles. The quantitative estimate of drug-likeness (QED) is 0.301. The molecule has 0 saturated carbocycles. The Bertz CT molecular complexity index is 984. The van der Waals surface area contributed by atoms with Gasteiger partial charge < -0.3 is 0 Å². The van der Waals surface area contributed by atoms with Gasteiger partial charge in [0.2, 0.25) is 0 Å². The van der Waals surface area contributed by atoms with Crippen molar-refractivity contribution in [2.24, 2.45) is 0 Å². The Kier molecular flexibility index (Phi) is 8.39. The van der Waals surface area contributed by atoms with E-state index in [4.69, 9.17) is 0 Å². The molecule has 30 heavy (non-hydrogen) atoms. The summed E-state index contributed by atoms with van der Waals surface area (Å²) in [6, 6.07) is 21.6. The van der Waals surface area contributed by atoms with Crippen molar-refractivity contribution in [3.05, 3.63) is 105 Å². The van der Waals surface area contributed by atoms with Crippen LogP contribution in [0.15, 0.2) is 54.6 Å². The van der Waals surface area contributed by atoms with E-state index in [2.05, 4.69) is 88.0 Å². The summed E-state index contributed by atoms with van der Waals surface area (Å²) in [5.74, 6) is 2.39. The SMILES string of the molecule is CCc1cc(C)cc(Cc2cc(CC)cc(Cc3cc(CC)cc([CH2][Ge][CH3])c3)c2)c1. The van der Waals surface area contributed by atoms with Crippen LogP contribution in [0.4, 0.5) is 0 Å². The fourth-order valence-electron chi connectivity index (χ4n) is 4.43. The van der Waals surface area contributed by atoms with Gasteiger partial charge in [-0.05, 0) is 13.3 Å². The predicted molar refractivity (Wildman–Crippen MR) is 133 cm³/mol. The first kappa shape index (κ1) is 22.9. The van der Waals surface area contributed by atoms with Crippen LogP contribution >= 0.6 is 0 Å². The maximum absolute atomic E-state index is 2.46. The first-order valence-electron chi connectivity index (χ1n) is 11.5. The van der Waals surface area contributed by atoms with Crippen molar-refractivity contribution in [3.63, 3.8) is 0 Å². The predicted octanol–water partition coefficient (Wildman–Crippen LogP) is 7.12. The molecular weight excluding hydrogens is 421 g/mol. The molecule has 0 unspecified atom stereocenters. The number of hydrogen-bond donors (Lipinski definition) is 0. The summed E-state index contributed by atoms with van der Waals surface area (Å²) in [6.45, 7) is 9.00. The van der Waals surface area contributed by atoms with Gasteiger partial charge in [-0.2, -0.15) is 0 Å². The van der Waals surface area contributed by atoms with Gasteiger partial charge in [-0.25, -0.2) is 0 Å². The Morgan fingerprint density at radius 2 is 0.833 bits per heavy atom. The van der Waals surface area contributed by atoms with Gasteiger partial charge in [-0.15, -0.1) is 0 Å². The third kappa shape index (κ3) is 6.35. The van der Waals surface area contributed by atoms with Crippen molar-refractivity contribution in [3.8, 4) is 0 Å². The van der Waals surface area contributed by atoms with Crippen LogP contribution < -0.4 is 0 Å². The summed E-state index contributed by atoms with van der Waals surface area (Å²) >= 11 is 0.163. The molecule has 0 aliphatic rings. The van der Waals surface area contributed by atoms with E-state index in [1.165, 1.54) is 49.8 Å². The summed E-state index contributed by atoms with van der Waals surface area (Å²) in [5.41, 5.74) is 13.1. The van der Waals surface area contributed by atoms with E-state index in [-0.39, 0.29) is 15.4 Å². The minimum absolute atomic E-state index is 0.163. The molecular formula is C29H36Ge. The van der Waals surface area contributed by atoms with Gasteiger partial charge in [-0.3, -0.25) is 0 Å². The molecule has 0 amide bonds. The van der Waals surface area contributed by atoms with Crippen LogP contribution in [0.2, 0.25) is 5.76 Å². The molecule has 0 atom stereocenters. The van der Waals surface area contributed by atoms with Crippen molar-refractivity contribution >= 4 is 15.4 Å². The fraction of sp³-hybridized carbons (Fsp3) is 0.379. The molecule has 0 heterocycles. The summed E-state index contributed by atoms with van der Waals surface area (Å²) in [6.07, 6.45) is 5.38. The Balaban J connectivity index is 1.90. The topological polar surface area (TPSA) is 0 Å². The average molecular weight is 457 g/mol. The van der Waals surface area contributed by atoms with Crippen LogP contribution in [0, 0.1) is 6.92 Å². The van der Waals surface area contributed by atoms with Gasteiger partial charge >= 0.3 is 165 Å². The molecule has 0 spiro atoms. The summed E-state index contributed by atoms with van der Waals surface area (Å²) < 4.78 is 0. The second-order valence-electron chi connectivity index (χ2n) is 8.59. The van der Waals surface area contributed by atoms with Crippen molar-refractivity contribution in [1.29, 1.82) is 0 Å². The molecule has 3 aromatic rings. The van der Waals surface area contributed by atoms with E-state index in [9.17, 15) is 0 Å². The maximum atomic E-state index is 2.46. The zero-order valence-electron chi connectivity index (χ0n) is 19.4. The monoisotopic (exact) mass is 458 g/mol. The Hall–Kier alpha value is -1.80. The second-order valence-corrected chi connectivity index (χ2v) is 10.8. The third-order valence-corrected chi connectivity index (χ3v) is 7.44. The zero-order valence-corrected chi connectivity index (χ0v) is 21.5. The van der Waals surface area contributed by atoms with Gasteiger partial charge in [0.15, 0.2) is 0 Å². The van der Waals surface area contributed by atoms with E-state index >= 15 is 0 Å². The van der Waals surface area contributed by atoms with Crippen molar-refractivity contribution in [2.45, 2.75) is 70.8 Å². The molecule has 3 rings (SSSR count). The fourth-order valence-corrected chi connectivity index (χ4v) is 5.71. The summed E-state index contributed by atoms with van der Waals surface area (Å²) in [7, 11) is 0. The van der Waals surface area contributed by atoms with E-state index in [0.717, 1.165) is 32.1 Å². The Morgan fingerprint density at radius 3 is 1.30 bits per heavy atom.